The molecule has 0 spiro atoms. The Morgan fingerprint density at radius 2 is 0.576 bits per heavy atom. The van der Waals surface area contributed by atoms with Crippen molar-refractivity contribution in [3.05, 3.63) is 249 Å². The first-order valence-corrected chi connectivity index (χ1v) is 20.3. The molecule has 0 fully saturated rings. The van der Waals surface area contributed by atoms with Crippen molar-refractivity contribution in [1.82, 2.24) is 0 Å². The van der Waals surface area contributed by atoms with Crippen LogP contribution in [0.4, 0.5) is 17.1 Å². The van der Waals surface area contributed by atoms with Gasteiger partial charge in [0.25, 0.3) is 0 Å². The van der Waals surface area contributed by atoms with Crippen molar-refractivity contribution in [2.75, 3.05) is 4.90 Å². The van der Waals surface area contributed by atoms with E-state index >= 15 is 0 Å². The molecular formula is C58H41N. The summed E-state index contributed by atoms with van der Waals surface area (Å²) in [5, 5.41) is 2.50. The molecule has 1 nitrogen and oxygen atoms in total. The fourth-order valence-corrected chi connectivity index (χ4v) is 8.33. The molecule has 0 aliphatic heterocycles. The van der Waals surface area contributed by atoms with Crippen LogP contribution in [0.2, 0.25) is 0 Å². The maximum absolute atomic E-state index is 2.43. The number of hydrogen-bond acceptors (Lipinski definition) is 1. The fraction of sp³-hybridized carbons (Fsp3) is 0. The van der Waals surface area contributed by atoms with E-state index in [2.05, 4.69) is 254 Å². The van der Waals surface area contributed by atoms with Crippen molar-refractivity contribution in [1.29, 1.82) is 0 Å². The molecule has 10 rings (SSSR count). The molecule has 10 aromatic rings. The Kier molecular flexibility index (Phi) is 9.68. The Hall–Kier alpha value is -7.74. The number of rotatable bonds is 9. The van der Waals surface area contributed by atoms with Crippen LogP contribution in [0, 0.1) is 0 Å². The van der Waals surface area contributed by atoms with Crippen LogP contribution in [0.1, 0.15) is 0 Å². The molecule has 1 heteroatoms. The van der Waals surface area contributed by atoms with Gasteiger partial charge >= 0.3 is 0 Å². The first kappa shape index (κ1) is 35.7. The molecule has 0 N–H and O–H groups in total. The van der Waals surface area contributed by atoms with Crippen LogP contribution in [0.25, 0.3) is 77.5 Å². The predicted molar refractivity (Wildman–Crippen MR) is 251 cm³/mol. The minimum atomic E-state index is 1.08. The number of fused-ring (bicyclic) bond motifs is 1. The van der Waals surface area contributed by atoms with Gasteiger partial charge in [0, 0.05) is 16.8 Å². The third kappa shape index (κ3) is 7.23. The van der Waals surface area contributed by atoms with Gasteiger partial charge in [0.05, 0.1) is 11.4 Å². The minimum absolute atomic E-state index is 1.08. The van der Waals surface area contributed by atoms with E-state index in [1.54, 1.807) is 0 Å². The van der Waals surface area contributed by atoms with Crippen LogP contribution in [0.15, 0.2) is 249 Å². The molecule has 0 amide bonds. The molecule has 0 radical (unpaired) electrons. The summed E-state index contributed by atoms with van der Waals surface area (Å²) in [5.41, 5.74) is 17.6. The van der Waals surface area contributed by atoms with Gasteiger partial charge in [-0.2, -0.15) is 0 Å². The summed E-state index contributed by atoms with van der Waals surface area (Å²) in [7, 11) is 0. The summed E-state index contributed by atoms with van der Waals surface area (Å²) in [4.78, 5) is 2.43. The highest BCUT2D eigenvalue weighted by Crippen LogP contribution is 2.46. The van der Waals surface area contributed by atoms with Crippen molar-refractivity contribution in [2.45, 2.75) is 0 Å². The molecule has 0 atom stereocenters. The van der Waals surface area contributed by atoms with E-state index in [-0.39, 0.29) is 0 Å². The largest absolute Gasteiger partial charge is 0.309 e. The van der Waals surface area contributed by atoms with Gasteiger partial charge in [-0.1, -0.05) is 218 Å². The highest BCUT2D eigenvalue weighted by Gasteiger charge is 2.21. The Bertz CT molecular complexity index is 3000. The minimum Gasteiger partial charge on any atom is -0.309 e. The van der Waals surface area contributed by atoms with E-state index in [1.165, 1.54) is 55.3 Å². The highest BCUT2D eigenvalue weighted by atomic mass is 15.1. The molecule has 10 aromatic carbocycles. The average molecular weight is 752 g/mol. The van der Waals surface area contributed by atoms with Gasteiger partial charge in [-0.25, -0.2) is 0 Å². The first-order valence-electron chi connectivity index (χ1n) is 20.3. The summed E-state index contributed by atoms with van der Waals surface area (Å²) in [6, 6.07) is 89.8. The Morgan fingerprint density at radius 1 is 0.220 bits per heavy atom. The number of para-hydroxylation sites is 2. The maximum atomic E-state index is 2.43. The fourth-order valence-electron chi connectivity index (χ4n) is 8.33. The smallest absolute Gasteiger partial charge is 0.0540 e. The molecule has 0 heterocycles. The highest BCUT2D eigenvalue weighted by molar-refractivity contribution is 5.99. The van der Waals surface area contributed by atoms with Crippen molar-refractivity contribution in [2.24, 2.45) is 0 Å². The van der Waals surface area contributed by atoms with Gasteiger partial charge in [-0.3, -0.25) is 0 Å². The zero-order chi connectivity index (χ0) is 39.4. The predicted octanol–water partition coefficient (Wildman–Crippen LogP) is 16.3. The SMILES string of the molecule is c1ccc(-c2ccc(-c3ccc(N(c4ccccc4-c4ccc(-c5ccccc5)cc4)c4ccccc4-c4cccc(-c5cccc6ccccc56)c4)cc3)cc2)cc1. The molecule has 0 saturated carbocycles. The molecule has 0 aliphatic rings. The number of benzene rings is 10. The van der Waals surface area contributed by atoms with E-state index in [0.29, 0.717) is 0 Å². The second-order valence-electron chi connectivity index (χ2n) is 14.9. The lowest BCUT2D eigenvalue weighted by molar-refractivity contribution is 1.28. The second-order valence-corrected chi connectivity index (χ2v) is 14.9. The van der Waals surface area contributed by atoms with Crippen molar-refractivity contribution >= 4 is 27.8 Å². The van der Waals surface area contributed by atoms with Gasteiger partial charge < -0.3 is 4.90 Å². The van der Waals surface area contributed by atoms with Crippen LogP contribution in [0.5, 0.6) is 0 Å². The van der Waals surface area contributed by atoms with Gasteiger partial charge in [0.1, 0.15) is 0 Å². The second kappa shape index (κ2) is 16.0. The number of nitrogens with zero attached hydrogens (tertiary/aromatic N) is 1. The molecular weight excluding hydrogens is 711 g/mol. The summed E-state index contributed by atoms with van der Waals surface area (Å²) in [6.07, 6.45) is 0. The molecule has 59 heavy (non-hydrogen) atoms. The third-order valence-electron chi connectivity index (χ3n) is 11.3. The molecule has 0 aromatic heterocycles. The van der Waals surface area contributed by atoms with Crippen molar-refractivity contribution in [3.63, 3.8) is 0 Å². The van der Waals surface area contributed by atoms with E-state index in [9.17, 15) is 0 Å². The molecule has 278 valence electrons. The van der Waals surface area contributed by atoms with Crippen LogP contribution >= 0.6 is 0 Å². The van der Waals surface area contributed by atoms with E-state index in [0.717, 1.165) is 39.3 Å². The Labute approximate surface area is 346 Å². The van der Waals surface area contributed by atoms with Gasteiger partial charge in [-0.05, 0) is 96.7 Å². The summed E-state index contributed by atoms with van der Waals surface area (Å²) < 4.78 is 0. The van der Waals surface area contributed by atoms with E-state index in [4.69, 9.17) is 0 Å². The lowest BCUT2D eigenvalue weighted by Gasteiger charge is -2.30. The van der Waals surface area contributed by atoms with Crippen LogP contribution in [-0.4, -0.2) is 0 Å². The molecule has 0 aliphatic carbocycles. The van der Waals surface area contributed by atoms with Gasteiger partial charge in [0.2, 0.25) is 0 Å². The lowest BCUT2D eigenvalue weighted by Crippen LogP contribution is -2.12. The standard InChI is InChI=1S/C58H41N/c1-3-15-42(16-4-1)44-29-31-46(32-30-44)47-37-39-52(40-38-47)59(57-27-11-9-24-55(57)49-35-33-45(34-36-49)43-17-5-2-6-18-43)58-28-12-10-25-56(58)51-22-13-21-50(41-51)54-26-14-20-48-19-7-8-23-53(48)54/h1-41H. The van der Waals surface area contributed by atoms with Crippen molar-refractivity contribution < 1.29 is 0 Å². The topological polar surface area (TPSA) is 3.24 Å². The summed E-state index contributed by atoms with van der Waals surface area (Å²) in [6.45, 7) is 0. The summed E-state index contributed by atoms with van der Waals surface area (Å²) in [5.74, 6) is 0. The first-order chi connectivity index (χ1) is 29.3. The lowest BCUT2D eigenvalue weighted by atomic mass is 9.94. The van der Waals surface area contributed by atoms with Crippen LogP contribution in [0.3, 0.4) is 0 Å². The average Bonchev–Trinajstić information content (AvgIpc) is 3.33. The van der Waals surface area contributed by atoms with Crippen LogP contribution in [-0.2, 0) is 0 Å². The van der Waals surface area contributed by atoms with Crippen molar-refractivity contribution in [3.8, 4) is 66.8 Å². The van der Waals surface area contributed by atoms with E-state index < -0.39 is 0 Å². The van der Waals surface area contributed by atoms with Crippen LogP contribution < -0.4 is 4.90 Å². The molecule has 0 bridgehead atoms. The van der Waals surface area contributed by atoms with E-state index in [1.807, 2.05) is 0 Å². The quantitative estimate of drug-likeness (QED) is 0.142. The maximum Gasteiger partial charge on any atom is 0.0540 e. The number of hydrogen-bond donors (Lipinski definition) is 0. The normalized spacial score (nSPS) is 11.1. The zero-order valence-electron chi connectivity index (χ0n) is 32.6. The Balaban J connectivity index is 1.09. The van der Waals surface area contributed by atoms with Gasteiger partial charge in [0.15, 0.2) is 0 Å². The summed E-state index contributed by atoms with van der Waals surface area (Å²) >= 11 is 0. The van der Waals surface area contributed by atoms with Gasteiger partial charge in [-0.15, -0.1) is 0 Å². The third-order valence-corrected chi connectivity index (χ3v) is 11.3. The number of anilines is 3. The molecule has 0 unspecified atom stereocenters. The molecule has 0 saturated heterocycles. The monoisotopic (exact) mass is 751 g/mol. The Morgan fingerprint density at radius 3 is 1.15 bits per heavy atom. The zero-order valence-corrected chi connectivity index (χ0v) is 32.6.